The number of hydrogen-bond donors (Lipinski definition) is 4. The minimum Gasteiger partial charge on any atom is -0.475 e. The number of carbonyl (C=O) groups excluding carboxylic acids is 1. The molecule has 0 aromatic heterocycles. The lowest BCUT2D eigenvalue weighted by Crippen LogP contribution is -2.47. The summed E-state index contributed by atoms with van der Waals surface area (Å²) in [7, 11) is -8.38. The van der Waals surface area contributed by atoms with Crippen LogP contribution in [0.25, 0.3) is 0 Å². The highest BCUT2D eigenvalue weighted by molar-refractivity contribution is 7.90. The van der Waals surface area contributed by atoms with Gasteiger partial charge in [0.2, 0.25) is 26.0 Å². The largest absolute Gasteiger partial charge is 0.490 e. The minimum atomic E-state index is -5.08. The first-order valence-electron chi connectivity index (χ1n) is 15.8. The molecule has 2 unspecified atom stereocenters. The summed E-state index contributed by atoms with van der Waals surface area (Å²) < 4.78 is 129. The van der Waals surface area contributed by atoms with Crippen molar-refractivity contribution >= 4 is 37.8 Å². The maximum atomic E-state index is 13.6. The van der Waals surface area contributed by atoms with Crippen molar-refractivity contribution in [3.8, 4) is 0 Å². The number of aliphatic imine (C=N–C) groups is 1. The number of halogens is 6. The molecule has 0 radical (unpaired) electrons. The van der Waals surface area contributed by atoms with E-state index >= 15 is 0 Å². The topological polar surface area (TPSA) is 171 Å². The van der Waals surface area contributed by atoms with E-state index in [0.29, 0.717) is 17.2 Å². The van der Waals surface area contributed by atoms with Gasteiger partial charge in [-0.05, 0) is 46.9 Å². The second-order valence-electron chi connectivity index (χ2n) is 12.1. The molecule has 1 amide bonds. The Kier molecular flexibility index (Phi) is 11.5. The van der Waals surface area contributed by atoms with Crippen LogP contribution in [0.2, 0.25) is 0 Å². The summed E-state index contributed by atoms with van der Waals surface area (Å²) in [6.45, 7) is 0. The molecule has 4 aromatic carbocycles. The number of amidine groups is 1. The molecule has 54 heavy (non-hydrogen) atoms. The molecule has 11 nitrogen and oxygen atoms in total. The molecular formula is C35H30F6N4O7S2. The number of aliphatic carboxylic acids is 1. The fourth-order valence-electron chi connectivity index (χ4n) is 5.77. The van der Waals surface area contributed by atoms with Crippen molar-refractivity contribution in [2.75, 3.05) is 0 Å². The molecule has 2 aliphatic heterocycles. The van der Waals surface area contributed by atoms with Crippen molar-refractivity contribution in [2.45, 2.75) is 53.5 Å². The first-order chi connectivity index (χ1) is 25.2. The number of amides is 1. The molecule has 4 aromatic rings. The van der Waals surface area contributed by atoms with Crippen molar-refractivity contribution in [3.63, 3.8) is 0 Å². The number of carboxylic acid groups (broad SMARTS) is 1. The van der Waals surface area contributed by atoms with Gasteiger partial charge in [-0.3, -0.25) is 14.5 Å². The predicted molar refractivity (Wildman–Crippen MR) is 183 cm³/mol. The molecule has 286 valence electrons. The van der Waals surface area contributed by atoms with E-state index in [0.717, 1.165) is 29.3 Å². The summed E-state index contributed by atoms with van der Waals surface area (Å²) in [6, 6.07) is 26.8. The van der Waals surface area contributed by atoms with E-state index in [1.807, 2.05) is 65.4 Å². The minimum absolute atomic E-state index is 0.0158. The number of rotatable bonds is 9. The summed E-state index contributed by atoms with van der Waals surface area (Å²) in [6.07, 6.45) is -10.0. The zero-order valence-corrected chi connectivity index (χ0v) is 29.2. The first-order valence-corrected chi connectivity index (χ1v) is 18.8. The molecule has 0 saturated carbocycles. The molecule has 6 rings (SSSR count). The lowest BCUT2D eigenvalue weighted by molar-refractivity contribution is -0.192. The van der Waals surface area contributed by atoms with Gasteiger partial charge in [-0.1, -0.05) is 91.0 Å². The van der Waals surface area contributed by atoms with Crippen molar-refractivity contribution in [1.82, 2.24) is 14.8 Å². The number of hydrogen-bond acceptors (Lipinski definition) is 8. The standard InChI is InChI=1S/C33H29F3N4O5S2.C2HF3O2/c34-33(35,36)25-12-7-13-26(19-25)46(42,43)39-27(18-21-14-16-22(17-15-21)28-20-29(41)40-47(28,44)45)32-37-30(23-8-3-1-4-9-23)31(38-32)24-10-5-2-6-11-24;3-2(4,5)1(6)7/h1-17,19,27-28,30-31,39H,18,20H2,(H,37,38)(H,40,41);(H,6,7)/t27?,28?,30-,31-;/m0./s1. The number of alkyl halides is 6. The monoisotopic (exact) mass is 796 g/mol. The molecule has 1 saturated heterocycles. The molecule has 19 heteroatoms. The van der Waals surface area contributed by atoms with Gasteiger partial charge in [0.15, 0.2) is 0 Å². The van der Waals surface area contributed by atoms with Crippen molar-refractivity contribution in [1.29, 1.82) is 0 Å². The van der Waals surface area contributed by atoms with Gasteiger partial charge in [0.05, 0.1) is 29.0 Å². The molecule has 4 N–H and O–H groups in total. The molecule has 1 fully saturated rings. The van der Waals surface area contributed by atoms with E-state index in [-0.39, 0.29) is 24.7 Å². The van der Waals surface area contributed by atoms with Crippen LogP contribution in [-0.4, -0.2) is 51.9 Å². The van der Waals surface area contributed by atoms with Crippen LogP contribution in [0.3, 0.4) is 0 Å². The smallest absolute Gasteiger partial charge is 0.475 e. The Bertz CT molecular complexity index is 2240. The molecule has 2 aliphatic rings. The van der Waals surface area contributed by atoms with E-state index in [1.165, 1.54) is 0 Å². The lowest BCUT2D eigenvalue weighted by atomic mass is 9.95. The average Bonchev–Trinajstić information content (AvgIpc) is 3.68. The molecule has 0 bridgehead atoms. The normalized spacial score (nSPS) is 20.1. The third kappa shape index (κ3) is 9.63. The highest BCUT2D eigenvalue weighted by Gasteiger charge is 2.40. The van der Waals surface area contributed by atoms with Gasteiger partial charge in [0.1, 0.15) is 17.1 Å². The van der Waals surface area contributed by atoms with E-state index in [2.05, 4.69) is 10.0 Å². The zero-order chi connectivity index (χ0) is 39.5. The van der Waals surface area contributed by atoms with Crippen LogP contribution < -0.4 is 14.8 Å². The summed E-state index contributed by atoms with van der Waals surface area (Å²) in [5.74, 6) is -3.08. The molecule has 0 spiro atoms. The maximum Gasteiger partial charge on any atom is 0.490 e. The van der Waals surface area contributed by atoms with Gasteiger partial charge in [0.25, 0.3) is 0 Å². The maximum absolute atomic E-state index is 13.6. The van der Waals surface area contributed by atoms with E-state index in [4.69, 9.17) is 14.9 Å². The van der Waals surface area contributed by atoms with E-state index in [9.17, 15) is 48.0 Å². The summed E-state index contributed by atoms with van der Waals surface area (Å²) >= 11 is 0. The van der Waals surface area contributed by atoms with Gasteiger partial charge >= 0.3 is 18.3 Å². The zero-order valence-electron chi connectivity index (χ0n) is 27.5. The Morgan fingerprint density at radius 3 is 1.94 bits per heavy atom. The summed E-state index contributed by atoms with van der Waals surface area (Å²) in [5, 5.41) is 9.44. The van der Waals surface area contributed by atoms with Crippen LogP contribution in [0.1, 0.15) is 51.6 Å². The van der Waals surface area contributed by atoms with Crippen molar-refractivity contribution in [3.05, 3.63) is 137 Å². The fourth-order valence-corrected chi connectivity index (χ4v) is 8.45. The summed E-state index contributed by atoms with van der Waals surface area (Å²) in [4.78, 5) is 25.0. The van der Waals surface area contributed by atoms with Gasteiger partial charge in [-0.2, -0.15) is 26.3 Å². The molecule has 4 atom stereocenters. The highest BCUT2D eigenvalue weighted by Crippen LogP contribution is 2.37. The first kappa shape index (κ1) is 39.9. The average molecular weight is 797 g/mol. The van der Waals surface area contributed by atoms with E-state index < -0.39 is 72.1 Å². The number of benzene rings is 4. The van der Waals surface area contributed by atoms with Crippen LogP contribution in [0.5, 0.6) is 0 Å². The van der Waals surface area contributed by atoms with Crippen LogP contribution in [0.15, 0.2) is 119 Å². The Labute approximate surface area is 305 Å². The molecular weight excluding hydrogens is 767 g/mol. The number of carbonyl (C=O) groups is 2. The third-order valence-corrected chi connectivity index (χ3v) is 11.5. The quantitative estimate of drug-likeness (QED) is 0.159. The molecule has 2 heterocycles. The van der Waals surface area contributed by atoms with Crippen LogP contribution >= 0.6 is 0 Å². The van der Waals surface area contributed by atoms with Gasteiger partial charge in [-0.15, -0.1) is 0 Å². The number of sulfonamides is 2. The Morgan fingerprint density at radius 1 is 0.852 bits per heavy atom. The van der Waals surface area contributed by atoms with Crippen molar-refractivity contribution < 1.29 is 57.9 Å². The van der Waals surface area contributed by atoms with E-state index in [1.54, 1.807) is 24.3 Å². The number of carboxylic acids is 1. The van der Waals surface area contributed by atoms with Crippen LogP contribution in [0.4, 0.5) is 26.3 Å². The Balaban J connectivity index is 0.000000730. The molecule has 0 aliphatic carbocycles. The van der Waals surface area contributed by atoms with Gasteiger partial charge in [0, 0.05) is 0 Å². The van der Waals surface area contributed by atoms with Gasteiger partial charge in [-0.25, -0.2) is 26.4 Å². The van der Waals surface area contributed by atoms with Crippen molar-refractivity contribution in [2.24, 2.45) is 4.99 Å². The number of nitrogens with one attached hydrogen (secondary N) is 3. The van der Waals surface area contributed by atoms with Gasteiger partial charge < -0.3 is 10.4 Å². The fraction of sp³-hybridized carbons (Fsp3) is 0.229. The number of nitrogens with zero attached hydrogens (tertiary/aromatic N) is 1. The lowest BCUT2D eigenvalue weighted by Gasteiger charge is -2.23. The van der Waals surface area contributed by atoms with Crippen LogP contribution in [-0.2, 0) is 42.2 Å². The third-order valence-electron chi connectivity index (χ3n) is 8.33. The SMILES string of the molecule is O=C(O)C(F)(F)F.O=C1CC(c2ccc(CC(NS(=O)(=O)c3cccc(C(F)(F)F)c3)C3=N[C@@H](c4ccccc4)[C@H](c4ccccc4)N3)cc2)S(=O)(=O)N1. The second kappa shape index (κ2) is 15.6. The Hall–Kier alpha value is -5.27. The van der Waals surface area contributed by atoms with Crippen LogP contribution in [0, 0.1) is 0 Å². The Morgan fingerprint density at radius 2 is 1.43 bits per heavy atom. The predicted octanol–water partition coefficient (Wildman–Crippen LogP) is 5.60. The second-order valence-corrected chi connectivity index (χ2v) is 15.7. The highest BCUT2D eigenvalue weighted by atomic mass is 32.2. The summed E-state index contributed by atoms with van der Waals surface area (Å²) in [5.41, 5.74) is 1.63.